The summed E-state index contributed by atoms with van der Waals surface area (Å²) in [5.74, 6) is 0.280. The van der Waals surface area contributed by atoms with E-state index in [1.807, 2.05) is 0 Å². The molecule has 5 nitrogen and oxygen atoms in total. The average molecular weight is 347 g/mol. The number of sulfonamides is 1. The van der Waals surface area contributed by atoms with E-state index >= 15 is 0 Å². The summed E-state index contributed by atoms with van der Waals surface area (Å²) >= 11 is 11.7. The second-order valence-corrected chi connectivity index (χ2v) is 6.72. The van der Waals surface area contributed by atoms with Crippen LogP contribution in [0.25, 0.3) is 0 Å². The first-order chi connectivity index (χ1) is 9.81. The number of methoxy groups -OCH3 is 1. The summed E-state index contributed by atoms with van der Waals surface area (Å²) in [6.45, 7) is 0. The van der Waals surface area contributed by atoms with E-state index in [4.69, 9.17) is 33.7 Å². The normalized spacial score (nSPS) is 11.2. The lowest BCUT2D eigenvalue weighted by Gasteiger charge is -2.11. The van der Waals surface area contributed by atoms with Crippen molar-refractivity contribution in [3.8, 4) is 5.75 Å². The number of ether oxygens (including phenoxy) is 1. The molecule has 0 aliphatic carbocycles. The zero-order valence-electron chi connectivity index (χ0n) is 10.9. The van der Waals surface area contributed by atoms with E-state index in [1.54, 1.807) is 0 Å². The molecule has 0 radical (unpaired) electrons. The first kappa shape index (κ1) is 15.8. The molecule has 0 atom stereocenters. The fraction of sp³-hybridized carbons (Fsp3) is 0.0769. The minimum atomic E-state index is -3.80. The quantitative estimate of drug-likeness (QED) is 0.831. The molecule has 3 N–H and O–H groups in total. The molecule has 0 bridgehead atoms. The van der Waals surface area contributed by atoms with Crippen molar-refractivity contribution in [3.05, 3.63) is 46.4 Å². The molecule has 0 fully saturated rings. The number of hydrogen-bond acceptors (Lipinski definition) is 4. The van der Waals surface area contributed by atoms with E-state index in [0.29, 0.717) is 15.7 Å². The van der Waals surface area contributed by atoms with Crippen molar-refractivity contribution in [3.63, 3.8) is 0 Å². The zero-order valence-corrected chi connectivity index (χ0v) is 13.3. The molecule has 0 unspecified atom stereocenters. The third kappa shape index (κ3) is 3.72. The van der Waals surface area contributed by atoms with Crippen LogP contribution in [0.2, 0.25) is 10.0 Å². The van der Waals surface area contributed by atoms with Gasteiger partial charge in [0.05, 0.1) is 23.4 Å². The smallest absolute Gasteiger partial charge is 0.262 e. The standard InChI is InChI=1S/C13H12Cl2N2O3S/c1-20-13-7-11(2-3-12(13)16)21(18,19)17-10-5-8(14)4-9(15)6-10/h2-7,17H,16H2,1H3. The number of nitrogen functional groups attached to an aromatic ring is 1. The van der Waals surface area contributed by atoms with Crippen LogP contribution in [0.4, 0.5) is 11.4 Å². The molecule has 0 aromatic heterocycles. The highest BCUT2D eigenvalue weighted by atomic mass is 35.5. The Labute approximate surface area is 132 Å². The molecule has 0 spiro atoms. The molecule has 0 heterocycles. The third-order valence-electron chi connectivity index (χ3n) is 2.63. The van der Waals surface area contributed by atoms with Crippen LogP contribution in [-0.2, 0) is 10.0 Å². The van der Waals surface area contributed by atoms with Gasteiger partial charge in [-0.15, -0.1) is 0 Å². The topological polar surface area (TPSA) is 81.4 Å². The van der Waals surface area contributed by atoms with Crippen molar-refractivity contribution in [2.45, 2.75) is 4.90 Å². The van der Waals surface area contributed by atoms with E-state index in [-0.39, 0.29) is 16.3 Å². The second kappa shape index (κ2) is 6.01. The van der Waals surface area contributed by atoms with E-state index in [2.05, 4.69) is 4.72 Å². The Morgan fingerprint density at radius 1 is 1.10 bits per heavy atom. The largest absolute Gasteiger partial charge is 0.495 e. The minimum Gasteiger partial charge on any atom is -0.495 e. The van der Waals surface area contributed by atoms with Crippen LogP contribution >= 0.6 is 23.2 Å². The van der Waals surface area contributed by atoms with Gasteiger partial charge in [0.25, 0.3) is 10.0 Å². The number of halogens is 2. The maximum atomic E-state index is 12.3. The van der Waals surface area contributed by atoms with Gasteiger partial charge in [0.15, 0.2) is 0 Å². The SMILES string of the molecule is COc1cc(S(=O)(=O)Nc2cc(Cl)cc(Cl)c2)ccc1N. The molecule has 2 rings (SSSR count). The first-order valence-corrected chi connectivity index (χ1v) is 7.98. The summed E-state index contributed by atoms with van der Waals surface area (Å²) in [6.07, 6.45) is 0. The van der Waals surface area contributed by atoms with Crippen molar-refractivity contribution in [2.75, 3.05) is 17.6 Å². The molecule has 0 amide bonds. The van der Waals surface area contributed by atoms with Crippen molar-refractivity contribution in [2.24, 2.45) is 0 Å². The molecule has 0 aliphatic heterocycles. The van der Waals surface area contributed by atoms with E-state index in [9.17, 15) is 8.42 Å². The Morgan fingerprint density at radius 3 is 2.29 bits per heavy atom. The van der Waals surface area contributed by atoms with Crippen molar-refractivity contribution >= 4 is 44.6 Å². The van der Waals surface area contributed by atoms with Gasteiger partial charge >= 0.3 is 0 Å². The van der Waals surface area contributed by atoms with Crippen LogP contribution in [0.1, 0.15) is 0 Å². The molecule has 2 aromatic rings. The second-order valence-electron chi connectivity index (χ2n) is 4.17. The number of nitrogens with two attached hydrogens (primary N) is 1. The van der Waals surface area contributed by atoms with Crippen LogP contribution in [0.3, 0.4) is 0 Å². The molecular formula is C13H12Cl2N2O3S. The lowest BCUT2D eigenvalue weighted by atomic mass is 10.3. The lowest BCUT2D eigenvalue weighted by molar-refractivity contribution is 0.415. The van der Waals surface area contributed by atoms with Crippen molar-refractivity contribution in [1.29, 1.82) is 0 Å². The van der Waals surface area contributed by atoms with Crippen LogP contribution < -0.4 is 15.2 Å². The number of hydrogen-bond donors (Lipinski definition) is 2. The van der Waals surface area contributed by atoms with Crippen LogP contribution in [0.5, 0.6) is 5.75 Å². The number of nitrogens with one attached hydrogen (secondary N) is 1. The van der Waals surface area contributed by atoms with Crippen molar-refractivity contribution in [1.82, 2.24) is 0 Å². The van der Waals surface area contributed by atoms with Gasteiger partial charge < -0.3 is 10.5 Å². The van der Waals surface area contributed by atoms with E-state index < -0.39 is 10.0 Å². The first-order valence-electron chi connectivity index (χ1n) is 5.74. The average Bonchev–Trinajstić information content (AvgIpc) is 2.37. The summed E-state index contributed by atoms with van der Waals surface area (Å²) in [6, 6.07) is 8.60. The summed E-state index contributed by atoms with van der Waals surface area (Å²) in [7, 11) is -2.39. The molecule has 8 heteroatoms. The van der Waals surface area contributed by atoms with E-state index in [0.717, 1.165) is 0 Å². The van der Waals surface area contributed by atoms with Gasteiger partial charge in [0.1, 0.15) is 5.75 Å². The van der Waals surface area contributed by atoms with Gasteiger partial charge in [-0.1, -0.05) is 23.2 Å². The molecule has 112 valence electrons. The third-order valence-corrected chi connectivity index (χ3v) is 4.45. The highest BCUT2D eigenvalue weighted by Crippen LogP contribution is 2.28. The fourth-order valence-corrected chi connectivity index (χ4v) is 3.27. The van der Waals surface area contributed by atoms with Gasteiger partial charge in [0, 0.05) is 16.1 Å². The number of anilines is 2. The van der Waals surface area contributed by atoms with Gasteiger partial charge in [0.2, 0.25) is 0 Å². The fourth-order valence-electron chi connectivity index (χ4n) is 1.69. The van der Waals surface area contributed by atoms with Crippen LogP contribution in [-0.4, -0.2) is 15.5 Å². The molecule has 2 aromatic carbocycles. The van der Waals surface area contributed by atoms with Crippen LogP contribution in [0, 0.1) is 0 Å². The maximum Gasteiger partial charge on any atom is 0.262 e. The molecule has 0 saturated carbocycles. The monoisotopic (exact) mass is 346 g/mol. The van der Waals surface area contributed by atoms with E-state index in [1.165, 1.54) is 43.5 Å². The predicted molar refractivity (Wildman–Crippen MR) is 84.7 cm³/mol. The maximum absolute atomic E-state index is 12.3. The highest BCUT2D eigenvalue weighted by molar-refractivity contribution is 7.92. The van der Waals surface area contributed by atoms with Gasteiger partial charge in [-0.25, -0.2) is 8.42 Å². The summed E-state index contributed by atoms with van der Waals surface area (Å²) in [5, 5.41) is 0.658. The lowest BCUT2D eigenvalue weighted by Crippen LogP contribution is -2.13. The Balaban J connectivity index is 2.38. The highest BCUT2D eigenvalue weighted by Gasteiger charge is 2.16. The molecule has 0 aliphatic rings. The summed E-state index contributed by atoms with van der Waals surface area (Å²) in [5.41, 5.74) is 6.28. The number of rotatable bonds is 4. The van der Waals surface area contributed by atoms with Gasteiger partial charge in [-0.3, -0.25) is 4.72 Å². The number of benzene rings is 2. The summed E-state index contributed by atoms with van der Waals surface area (Å²) in [4.78, 5) is 0.0182. The van der Waals surface area contributed by atoms with Crippen LogP contribution in [0.15, 0.2) is 41.3 Å². The Kier molecular flexibility index (Phi) is 4.51. The Morgan fingerprint density at radius 2 is 1.71 bits per heavy atom. The zero-order chi connectivity index (χ0) is 15.6. The minimum absolute atomic E-state index is 0.0182. The van der Waals surface area contributed by atoms with Gasteiger partial charge in [-0.2, -0.15) is 0 Å². The van der Waals surface area contributed by atoms with Crippen molar-refractivity contribution < 1.29 is 13.2 Å². The molecule has 21 heavy (non-hydrogen) atoms. The predicted octanol–water partition coefficient (Wildman–Crippen LogP) is 3.39. The molecular weight excluding hydrogens is 335 g/mol. The van der Waals surface area contributed by atoms with Gasteiger partial charge in [-0.05, 0) is 30.3 Å². The summed E-state index contributed by atoms with van der Waals surface area (Å²) < 4.78 is 32.0. The Bertz CT molecular complexity index is 759. The molecule has 0 saturated heterocycles. The Hall–Kier alpha value is -1.63.